The Morgan fingerprint density at radius 3 is 2.23 bits per heavy atom. The van der Waals surface area contributed by atoms with Crippen LogP contribution in [0.3, 0.4) is 0 Å². The van der Waals surface area contributed by atoms with Crippen molar-refractivity contribution in [1.29, 1.82) is 0 Å². The second-order valence-corrected chi connectivity index (χ2v) is 7.62. The first kappa shape index (κ1) is 21.8. The van der Waals surface area contributed by atoms with Gasteiger partial charge in [-0.05, 0) is 66.6 Å². The fourth-order valence-corrected chi connectivity index (χ4v) is 3.65. The molecule has 0 aliphatic carbocycles. The van der Waals surface area contributed by atoms with Crippen molar-refractivity contribution < 1.29 is 19.0 Å². The van der Waals surface area contributed by atoms with Gasteiger partial charge in [-0.2, -0.15) is 0 Å². The van der Waals surface area contributed by atoms with Gasteiger partial charge in [0.1, 0.15) is 18.1 Å². The quantitative estimate of drug-likeness (QED) is 0.509. The summed E-state index contributed by atoms with van der Waals surface area (Å²) in [5.74, 6) is 2.41. The third kappa shape index (κ3) is 6.55. The number of carbonyl (C=O) groups excluding carboxylic acids is 1. The van der Waals surface area contributed by atoms with Crippen molar-refractivity contribution in [2.24, 2.45) is 5.92 Å². The highest BCUT2D eigenvalue weighted by Gasteiger charge is 2.28. The third-order valence-corrected chi connectivity index (χ3v) is 5.47. The number of rotatable bonds is 11. The minimum Gasteiger partial charge on any atom is -0.497 e. The molecule has 0 aromatic heterocycles. The van der Waals surface area contributed by atoms with Gasteiger partial charge in [0, 0.05) is 19.5 Å². The standard InChI is InChI=1S/C25H31NO4/c1-28-23-10-6-20(7-11-23)14-15-26-18-22(17-25(26)27)5-3-4-16-30-19-21-8-12-24(29-2)13-9-21/h4,6-13,16,22H,3,5,14-15,17-19H2,1-2H3/t22-/m1/s1. The summed E-state index contributed by atoms with van der Waals surface area (Å²) in [5.41, 5.74) is 2.33. The van der Waals surface area contributed by atoms with Crippen molar-refractivity contribution in [3.05, 3.63) is 72.0 Å². The largest absolute Gasteiger partial charge is 0.497 e. The van der Waals surface area contributed by atoms with E-state index in [1.54, 1.807) is 20.5 Å². The molecule has 0 radical (unpaired) electrons. The second kappa shape index (κ2) is 11.3. The lowest BCUT2D eigenvalue weighted by Crippen LogP contribution is -2.27. The predicted octanol–water partition coefficient (Wildman–Crippen LogP) is 4.61. The van der Waals surface area contributed by atoms with Crippen LogP contribution in [0.25, 0.3) is 0 Å². The summed E-state index contributed by atoms with van der Waals surface area (Å²) in [5, 5.41) is 0. The zero-order valence-corrected chi connectivity index (χ0v) is 17.9. The Morgan fingerprint density at radius 2 is 1.60 bits per heavy atom. The number of amides is 1. The smallest absolute Gasteiger partial charge is 0.222 e. The van der Waals surface area contributed by atoms with Gasteiger partial charge in [-0.25, -0.2) is 0 Å². The number of benzene rings is 2. The average Bonchev–Trinajstić information content (AvgIpc) is 3.14. The van der Waals surface area contributed by atoms with Crippen LogP contribution in [0, 0.1) is 5.92 Å². The second-order valence-electron chi connectivity index (χ2n) is 7.62. The van der Waals surface area contributed by atoms with Crippen molar-refractivity contribution in [3.63, 3.8) is 0 Å². The third-order valence-electron chi connectivity index (χ3n) is 5.47. The molecule has 1 fully saturated rings. The summed E-state index contributed by atoms with van der Waals surface area (Å²) in [6.07, 6.45) is 7.28. The van der Waals surface area contributed by atoms with Gasteiger partial charge < -0.3 is 19.1 Å². The number of ether oxygens (including phenoxy) is 3. The minimum absolute atomic E-state index is 0.272. The van der Waals surface area contributed by atoms with Crippen LogP contribution < -0.4 is 9.47 Å². The van der Waals surface area contributed by atoms with E-state index in [9.17, 15) is 4.79 Å². The fourth-order valence-electron chi connectivity index (χ4n) is 3.65. The van der Waals surface area contributed by atoms with E-state index in [0.717, 1.165) is 49.4 Å². The number of nitrogens with zero attached hydrogens (tertiary/aromatic N) is 1. The molecule has 2 aromatic carbocycles. The van der Waals surface area contributed by atoms with Gasteiger partial charge in [0.2, 0.25) is 5.91 Å². The Kier molecular flexibility index (Phi) is 8.19. The molecule has 30 heavy (non-hydrogen) atoms. The molecule has 3 rings (SSSR count). The molecule has 0 bridgehead atoms. The molecule has 5 heteroatoms. The van der Waals surface area contributed by atoms with E-state index in [0.29, 0.717) is 18.9 Å². The molecule has 2 aromatic rings. The van der Waals surface area contributed by atoms with Gasteiger partial charge in [-0.15, -0.1) is 0 Å². The van der Waals surface area contributed by atoms with E-state index in [4.69, 9.17) is 14.2 Å². The van der Waals surface area contributed by atoms with Gasteiger partial charge in [0.15, 0.2) is 0 Å². The van der Waals surface area contributed by atoms with Crippen LogP contribution in [0.4, 0.5) is 0 Å². The lowest BCUT2D eigenvalue weighted by atomic mass is 10.0. The normalized spacial score (nSPS) is 16.3. The van der Waals surface area contributed by atoms with Crippen molar-refractivity contribution in [2.75, 3.05) is 27.3 Å². The summed E-state index contributed by atoms with van der Waals surface area (Å²) in [6.45, 7) is 2.18. The maximum absolute atomic E-state index is 12.3. The Bertz CT molecular complexity index is 814. The number of hydrogen-bond acceptors (Lipinski definition) is 4. The maximum Gasteiger partial charge on any atom is 0.222 e. The Balaban J connectivity index is 1.32. The molecular formula is C25H31NO4. The topological polar surface area (TPSA) is 48.0 Å². The SMILES string of the molecule is COc1ccc(CCN2C[C@H](CCC=COCc3ccc(OC)cc3)CC2=O)cc1. The molecule has 160 valence electrons. The van der Waals surface area contributed by atoms with E-state index < -0.39 is 0 Å². The van der Waals surface area contributed by atoms with Crippen LogP contribution in [0.5, 0.6) is 11.5 Å². The van der Waals surface area contributed by atoms with E-state index >= 15 is 0 Å². The Hall–Kier alpha value is -2.95. The van der Waals surface area contributed by atoms with Gasteiger partial charge in [0.25, 0.3) is 0 Å². The molecule has 1 saturated heterocycles. The first-order chi connectivity index (χ1) is 14.7. The molecule has 0 saturated carbocycles. The molecular weight excluding hydrogens is 378 g/mol. The first-order valence-corrected chi connectivity index (χ1v) is 10.5. The van der Waals surface area contributed by atoms with E-state index in [1.807, 2.05) is 47.4 Å². The summed E-state index contributed by atoms with van der Waals surface area (Å²) in [7, 11) is 3.33. The predicted molar refractivity (Wildman–Crippen MR) is 118 cm³/mol. The van der Waals surface area contributed by atoms with Gasteiger partial charge >= 0.3 is 0 Å². The Labute approximate surface area is 179 Å². The average molecular weight is 410 g/mol. The molecule has 1 heterocycles. The van der Waals surface area contributed by atoms with Gasteiger partial charge in [-0.1, -0.05) is 24.3 Å². The zero-order chi connectivity index (χ0) is 21.2. The van der Waals surface area contributed by atoms with E-state index in [2.05, 4.69) is 12.1 Å². The number of hydrogen-bond donors (Lipinski definition) is 0. The highest BCUT2D eigenvalue weighted by molar-refractivity contribution is 5.78. The Morgan fingerprint density at radius 1 is 0.967 bits per heavy atom. The molecule has 1 aliphatic heterocycles. The maximum atomic E-state index is 12.3. The summed E-state index contributed by atoms with van der Waals surface area (Å²) in [4.78, 5) is 14.3. The van der Waals surface area contributed by atoms with E-state index in [-0.39, 0.29) is 5.91 Å². The summed E-state index contributed by atoms with van der Waals surface area (Å²) >= 11 is 0. The molecule has 1 aliphatic rings. The van der Waals surface area contributed by atoms with Gasteiger partial charge in [-0.3, -0.25) is 4.79 Å². The van der Waals surface area contributed by atoms with Crippen LogP contribution in [0.1, 0.15) is 30.4 Å². The van der Waals surface area contributed by atoms with Crippen molar-refractivity contribution >= 4 is 5.91 Å². The number of likely N-dealkylation sites (tertiary alicyclic amines) is 1. The van der Waals surface area contributed by atoms with Crippen molar-refractivity contribution in [3.8, 4) is 11.5 Å². The van der Waals surface area contributed by atoms with Crippen LogP contribution in [0.2, 0.25) is 0 Å². The molecule has 1 atom stereocenters. The summed E-state index contributed by atoms with van der Waals surface area (Å²) in [6, 6.07) is 15.9. The molecule has 5 nitrogen and oxygen atoms in total. The van der Waals surface area contributed by atoms with Crippen molar-refractivity contribution in [2.45, 2.75) is 32.3 Å². The number of carbonyl (C=O) groups is 1. The zero-order valence-electron chi connectivity index (χ0n) is 17.9. The summed E-state index contributed by atoms with van der Waals surface area (Å²) < 4.78 is 15.9. The molecule has 0 unspecified atom stereocenters. The highest BCUT2D eigenvalue weighted by Crippen LogP contribution is 2.23. The van der Waals surface area contributed by atoms with E-state index in [1.165, 1.54) is 5.56 Å². The van der Waals surface area contributed by atoms with Crippen LogP contribution >= 0.6 is 0 Å². The lowest BCUT2D eigenvalue weighted by molar-refractivity contribution is -0.127. The van der Waals surface area contributed by atoms with Crippen molar-refractivity contribution in [1.82, 2.24) is 4.90 Å². The van der Waals surface area contributed by atoms with Crippen LogP contribution in [-0.4, -0.2) is 38.1 Å². The number of methoxy groups -OCH3 is 2. The van der Waals surface area contributed by atoms with Gasteiger partial charge in [0.05, 0.1) is 20.5 Å². The van der Waals surface area contributed by atoms with Crippen LogP contribution in [-0.2, 0) is 22.6 Å². The first-order valence-electron chi connectivity index (χ1n) is 10.5. The highest BCUT2D eigenvalue weighted by atomic mass is 16.5. The molecule has 1 amide bonds. The number of allylic oxidation sites excluding steroid dienone is 1. The van der Waals surface area contributed by atoms with Crippen LogP contribution in [0.15, 0.2) is 60.9 Å². The minimum atomic E-state index is 0.272. The molecule has 0 spiro atoms. The lowest BCUT2D eigenvalue weighted by Gasteiger charge is -2.16. The monoisotopic (exact) mass is 409 g/mol. The fraction of sp³-hybridized carbons (Fsp3) is 0.400. The molecule has 0 N–H and O–H groups in total.